The molecule has 0 saturated carbocycles. The molecule has 6 heteroatoms. The number of nitrogens with one attached hydrogen (secondary N) is 1. The Morgan fingerprint density at radius 3 is 2.68 bits per heavy atom. The number of nitrogen functional groups attached to an aromatic ring is 1. The van der Waals surface area contributed by atoms with Crippen molar-refractivity contribution < 1.29 is 9.18 Å². The maximum absolute atomic E-state index is 13.6. The van der Waals surface area contributed by atoms with Crippen LogP contribution in [0.4, 0.5) is 10.2 Å². The second-order valence-corrected chi connectivity index (χ2v) is 4.78. The lowest BCUT2D eigenvalue weighted by Crippen LogP contribution is -2.24. The number of hydrogen-bond acceptors (Lipinski definition) is 3. The van der Waals surface area contributed by atoms with Gasteiger partial charge in [0.15, 0.2) is 11.6 Å². The highest BCUT2D eigenvalue weighted by Crippen LogP contribution is 2.13. The lowest BCUT2D eigenvalue weighted by Gasteiger charge is -2.07. The molecule has 3 N–H and O–H groups in total. The second kappa shape index (κ2) is 5.79. The number of halogens is 2. The molecule has 98 valence electrons. The van der Waals surface area contributed by atoms with Crippen LogP contribution in [0, 0.1) is 5.82 Å². The van der Waals surface area contributed by atoms with E-state index in [1.165, 1.54) is 12.3 Å². The van der Waals surface area contributed by atoms with Crippen LogP contribution >= 0.6 is 15.9 Å². The van der Waals surface area contributed by atoms with Gasteiger partial charge in [0, 0.05) is 17.2 Å². The summed E-state index contributed by atoms with van der Waals surface area (Å²) in [5, 5.41) is 2.63. The number of nitrogens with zero attached hydrogens (tertiary/aromatic N) is 1. The number of carbonyl (C=O) groups is 1. The minimum atomic E-state index is -0.796. The molecule has 1 aromatic carbocycles. The standard InChI is InChI=1S/C13H11BrFN3O/c14-9-3-1-8(2-4-9)7-18-13(19)10-5-6-17-12(16)11(10)15/h1-6H,7H2,(H2,16,17)(H,18,19). The first-order valence-corrected chi connectivity index (χ1v) is 6.30. The Morgan fingerprint density at radius 1 is 1.32 bits per heavy atom. The number of pyridine rings is 1. The van der Waals surface area contributed by atoms with Gasteiger partial charge in [0.1, 0.15) is 0 Å². The average molecular weight is 324 g/mol. The molecule has 0 saturated heterocycles. The highest BCUT2D eigenvalue weighted by molar-refractivity contribution is 9.10. The monoisotopic (exact) mass is 323 g/mol. The molecule has 0 aliphatic rings. The van der Waals surface area contributed by atoms with Gasteiger partial charge in [0.2, 0.25) is 0 Å². The zero-order valence-electron chi connectivity index (χ0n) is 9.86. The van der Waals surface area contributed by atoms with E-state index in [2.05, 4.69) is 26.2 Å². The molecule has 0 unspecified atom stereocenters. The summed E-state index contributed by atoms with van der Waals surface area (Å²) in [6, 6.07) is 8.75. The van der Waals surface area contributed by atoms with Crippen LogP contribution in [0.2, 0.25) is 0 Å². The van der Waals surface area contributed by atoms with E-state index in [9.17, 15) is 9.18 Å². The molecule has 19 heavy (non-hydrogen) atoms. The smallest absolute Gasteiger partial charge is 0.254 e. The molecule has 0 atom stereocenters. The number of hydrogen-bond donors (Lipinski definition) is 2. The zero-order chi connectivity index (χ0) is 13.8. The van der Waals surface area contributed by atoms with Crippen LogP contribution in [0.15, 0.2) is 41.0 Å². The van der Waals surface area contributed by atoms with Crippen molar-refractivity contribution in [1.29, 1.82) is 0 Å². The third-order valence-corrected chi connectivity index (χ3v) is 3.06. The van der Waals surface area contributed by atoms with Crippen LogP contribution in [0.25, 0.3) is 0 Å². The van der Waals surface area contributed by atoms with Gasteiger partial charge in [0.25, 0.3) is 5.91 Å². The highest BCUT2D eigenvalue weighted by Gasteiger charge is 2.13. The molecule has 0 spiro atoms. The van der Waals surface area contributed by atoms with Crippen molar-refractivity contribution in [3.8, 4) is 0 Å². The van der Waals surface area contributed by atoms with E-state index in [0.717, 1.165) is 10.0 Å². The van der Waals surface area contributed by atoms with Crippen LogP contribution in [0.5, 0.6) is 0 Å². The number of anilines is 1. The normalized spacial score (nSPS) is 10.2. The predicted molar refractivity (Wildman–Crippen MR) is 73.9 cm³/mol. The Morgan fingerprint density at radius 2 is 2.00 bits per heavy atom. The van der Waals surface area contributed by atoms with Crippen LogP contribution in [0.1, 0.15) is 15.9 Å². The van der Waals surface area contributed by atoms with E-state index in [-0.39, 0.29) is 11.4 Å². The Kier molecular flexibility index (Phi) is 4.11. The first-order chi connectivity index (χ1) is 9.08. The van der Waals surface area contributed by atoms with E-state index >= 15 is 0 Å². The molecular formula is C13H11BrFN3O. The number of aromatic nitrogens is 1. The Bertz CT molecular complexity index is 601. The number of rotatable bonds is 3. The van der Waals surface area contributed by atoms with Crippen molar-refractivity contribution in [2.75, 3.05) is 5.73 Å². The molecule has 0 radical (unpaired) electrons. The topological polar surface area (TPSA) is 68.0 Å². The van der Waals surface area contributed by atoms with Gasteiger partial charge in [-0.3, -0.25) is 4.79 Å². The van der Waals surface area contributed by atoms with Gasteiger partial charge in [-0.25, -0.2) is 9.37 Å². The number of nitrogens with two attached hydrogens (primary N) is 1. The Labute approximate surface area is 118 Å². The van der Waals surface area contributed by atoms with Crippen molar-refractivity contribution in [3.63, 3.8) is 0 Å². The lowest BCUT2D eigenvalue weighted by molar-refractivity contribution is 0.0947. The van der Waals surface area contributed by atoms with Crippen molar-refractivity contribution in [2.45, 2.75) is 6.54 Å². The second-order valence-electron chi connectivity index (χ2n) is 3.87. The van der Waals surface area contributed by atoms with Crippen LogP contribution in [-0.2, 0) is 6.54 Å². The molecule has 1 heterocycles. The molecular weight excluding hydrogens is 313 g/mol. The minimum Gasteiger partial charge on any atom is -0.381 e. The molecule has 4 nitrogen and oxygen atoms in total. The van der Waals surface area contributed by atoms with E-state index in [0.29, 0.717) is 6.54 Å². The quantitative estimate of drug-likeness (QED) is 0.911. The molecule has 0 aliphatic heterocycles. The highest BCUT2D eigenvalue weighted by atomic mass is 79.9. The summed E-state index contributed by atoms with van der Waals surface area (Å²) in [4.78, 5) is 15.4. The van der Waals surface area contributed by atoms with Gasteiger partial charge >= 0.3 is 0 Å². The van der Waals surface area contributed by atoms with Gasteiger partial charge in [-0.2, -0.15) is 0 Å². The third kappa shape index (κ3) is 3.29. The van der Waals surface area contributed by atoms with E-state index < -0.39 is 11.7 Å². The fourth-order valence-corrected chi connectivity index (χ4v) is 1.78. The molecule has 0 fully saturated rings. The van der Waals surface area contributed by atoms with Crippen molar-refractivity contribution in [2.24, 2.45) is 0 Å². The van der Waals surface area contributed by atoms with Gasteiger partial charge in [0.05, 0.1) is 5.56 Å². The van der Waals surface area contributed by atoms with Gasteiger partial charge in [-0.05, 0) is 23.8 Å². The Hall–Kier alpha value is -1.95. The Balaban J connectivity index is 2.05. The van der Waals surface area contributed by atoms with Gasteiger partial charge in [-0.15, -0.1) is 0 Å². The van der Waals surface area contributed by atoms with Crippen LogP contribution in [0.3, 0.4) is 0 Å². The third-order valence-electron chi connectivity index (χ3n) is 2.53. The fourth-order valence-electron chi connectivity index (χ4n) is 1.52. The first kappa shape index (κ1) is 13.5. The minimum absolute atomic E-state index is 0.107. The van der Waals surface area contributed by atoms with E-state index in [1.54, 1.807) is 0 Å². The summed E-state index contributed by atoms with van der Waals surface area (Å²) in [7, 11) is 0. The molecule has 2 aromatic rings. The van der Waals surface area contributed by atoms with Crippen molar-refractivity contribution in [3.05, 3.63) is 57.9 Å². The SMILES string of the molecule is Nc1nccc(C(=O)NCc2ccc(Br)cc2)c1F. The molecule has 1 amide bonds. The fraction of sp³-hybridized carbons (Fsp3) is 0.0769. The number of amides is 1. The largest absolute Gasteiger partial charge is 0.381 e. The summed E-state index contributed by atoms with van der Waals surface area (Å²) >= 11 is 3.32. The van der Waals surface area contributed by atoms with Crippen LogP contribution in [-0.4, -0.2) is 10.9 Å². The average Bonchev–Trinajstić information content (AvgIpc) is 2.41. The molecule has 0 aliphatic carbocycles. The van der Waals surface area contributed by atoms with E-state index in [4.69, 9.17) is 5.73 Å². The number of carbonyl (C=O) groups excluding carboxylic acids is 1. The molecule has 1 aromatic heterocycles. The van der Waals surface area contributed by atoms with Gasteiger partial charge in [-0.1, -0.05) is 28.1 Å². The van der Waals surface area contributed by atoms with Crippen molar-refractivity contribution in [1.82, 2.24) is 10.3 Å². The maximum Gasteiger partial charge on any atom is 0.254 e. The summed E-state index contributed by atoms with van der Waals surface area (Å²) in [6.45, 7) is 0.313. The zero-order valence-corrected chi connectivity index (χ0v) is 11.4. The number of benzene rings is 1. The first-order valence-electron chi connectivity index (χ1n) is 5.50. The lowest BCUT2D eigenvalue weighted by atomic mass is 10.2. The molecule has 0 bridgehead atoms. The summed E-state index contributed by atoms with van der Waals surface area (Å²) < 4.78 is 14.5. The van der Waals surface area contributed by atoms with Crippen molar-refractivity contribution >= 4 is 27.7 Å². The summed E-state index contributed by atoms with van der Waals surface area (Å²) in [5.41, 5.74) is 6.12. The van der Waals surface area contributed by atoms with Crippen LogP contribution < -0.4 is 11.1 Å². The predicted octanol–water partition coefficient (Wildman–Crippen LogP) is 2.50. The summed E-state index contributed by atoms with van der Waals surface area (Å²) in [5.74, 6) is -1.60. The summed E-state index contributed by atoms with van der Waals surface area (Å²) in [6.07, 6.45) is 1.30. The maximum atomic E-state index is 13.6. The molecule has 2 rings (SSSR count). The van der Waals surface area contributed by atoms with Gasteiger partial charge < -0.3 is 11.1 Å². The van der Waals surface area contributed by atoms with E-state index in [1.807, 2.05) is 24.3 Å².